The van der Waals surface area contributed by atoms with Crippen molar-refractivity contribution in [1.82, 2.24) is 0 Å². The van der Waals surface area contributed by atoms with Crippen molar-refractivity contribution in [3.05, 3.63) is 47.5 Å². The molecule has 0 spiro atoms. The van der Waals surface area contributed by atoms with Gasteiger partial charge < -0.3 is 75.9 Å². The number of rotatable bonds is 26. The van der Waals surface area contributed by atoms with Crippen molar-refractivity contribution in [2.24, 2.45) is 0 Å². The zero-order chi connectivity index (χ0) is 36.4. The molecule has 0 bridgehead atoms. The van der Waals surface area contributed by atoms with Crippen LogP contribution in [0.5, 0.6) is 11.5 Å². The number of carbonyl (C=O) groups is 3. The molecule has 2 aromatic carbocycles. The number of unbranched alkanes of at least 4 members (excludes halogenated alkanes) is 6. The first-order chi connectivity index (χ1) is 24.2. The van der Waals surface area contributed by atoms with Crippen molar-refractivity contribution in [3.63, 3.8) is 0 Å². The average molecular weight is 951 g/mol. The standard InChI is InChI=1S/C41H64N2O7.2HI/c1-7-13-15-17-25-49-39(44)31-42(9-3,10-4)23-27-47-33-19-21-35-36-22-20-34(30-38(36)41(46)37(35)29-33)48-28-24-43(11-5,12-6)32-40(45)50-26-18-16-14-8-2;;/h19-22,29-30H,7-18,23-28,31-32H2,1-6H3;2*1H/q+2;;/p-2. The summed E-state index contributed by atoms with van der Waals surface area (Å²) in [5.41, 5.74) is 3.01. The Labute approximate surface area is 347 Å². The molecule has 0 saturated heterocycles. The van der Waals surface area contributed by atoms with Gasteiger partial charge in [-0.25, -0.2) is 9.59 Å². The smallest absolute Gasteiger partial charge is 0.361 e. The monoisotopic (exact) mass is 950 g/mol. The van der Waals surface area contributed by atoms with Gasteiger partial charge in [0.25, 0.3) is 0 Å². The Morgan fingerprint density at radius 1 is 0.519 bits per heavy atom. The third kappa shape index (κ3) is 14.4. The maximum absolute atomic E-state index is 13.6. The minimum atomic E-state index is -0.156. The molecule has 0 fully saturated rings. The first-order valence-corrected chi connectivity index (χ1v) is 19.3. The Bertz CT molecular complexity index is 1280. The lowest BCUT2D eigenvalue weighted by Crippen LogP contribution is -3.00. The molecule has 0 amide bonds. The van der Waals surface area contributed by atoms with Crippen LogP contribution in [0.1, 0.15) is 109 Å². The number of carbonyl (C=O) groups excluding carboxylic acids is 3. The van der Waals surface area contributed by atoms with Gasteiger partial charge in [-0.15, -0.1) is 0 Å². The van der Waals surface area contributed by atoms with Gasteiger partial charge in [0, 0.05) is 11.1 Å². The van der Waals surface area contributed by atoms with Crippen LogP contribution in [0.15, 0.2) is 36.4 Å². The molecule has 0 aromatic heterocycles. The van der Waals surface area contributed by atoms with Crippen molar-refractivity contribution in [3.8, 4) is 22.6 Å². The van der Waals surface area contributed by atoms with E-state index in [1.54, 1.807) is 0 Å². The molecular formula is C41H64I2N2O7. The number of ketones is 1. The molecular weight excluding hydrogens is 886 g/mol. The van der Waals surface area contributed by atoms with E-state index >= 15 is 0 Å². The molecule has 11 heteroatoms. The van der Waals surface area contributed by atoms with E-state index in [9.17, 15) is 14.4 Å². The van der Waals surface area contributed by atoms with E-state index in [1.807, 2.05) is 36.4 Å². The fourth-order valence-electron chi connectivity index (χ4n) is 6.68. The summed E-state index contributed by atoms with van der Waals surface area (Å²) in [6.07, 6.45) is 8.62. The summed E-state index contributed by atoms with van der Waals surface area (Å²) in [6, 6.07) is 11.4. The number of halogens is 2. The van der Waals surface area contributed by atoms with Crippen LogP contribution in [-0.2, 0) is 19.1 Å². The number of fused-ring (bicyclic) bond motifs is 3. The first-order valence-electron chi connectivity index (χ1n) is 19.3. The highest BCUT2D eigenvalue weighted by atomic mass is 127. The highest BCUT2D eigenvalue weighted by molar-refractivity contribution is 6.22. The molecule has 0 aliphatic heterocycles. The van der Waals surface area contributed by atoms with Crippen molar-refractivity contribution < 1.29 is 90.3 Å². The van der Waals surface area contributed by atoms with E-state index in [-0.39, 0.29) is 65.7 Å². The lowest BCUT2D eigenvalue weighted by Gasteiger charge is -2.35. The third-order valence-corrected chi connectivity index (χ3v) is 10.6. The molecule has 294 valence electrons. The van der Waals surface area contributed by atoms with Crippen LogP contribution < -0.4 is 57.4 Å². The first kappa shape index (κ1) is 48.0. The zero-order valence-electron chi connectivity index (χ0n) is 32.6. The normalized spacial score (nSPS) is 11.9. The SMILES string of the molecule is CCCCCCOC(=O)C[N+](CC)(CC)CCOc1ccc2c(c1)C(=O)c1cc(OCC[N+](CC)(CC)CC(=O)OCCCCCC)ccc1-2.[I-].[I-]. The van der Waals surface area contributed by atoms with E-state index in [4.69, 9.17) is 18.9 Å². The van der Waals surface area contributed by atoms with Gasteiger partial charge >= 0.3 is 11.9 Å². The number of quaternary nitrogens is 2. The second-order valence-corrected chi connectivity index (χ2v) is 13.7. The minimum Gasteiger partial charge on any atom is -1.00 e. The van der Waals surface area contributed by atoms with Crippen LogP contribution >= 0.6 is 0 Å². The Kier molecular flexibility index (Phi) is 23.3. The number of esters is 2. The second-order valence-electron chi connectivity index (χ2n) is 13.7. The number of hydrogen-bond donors (Lipinski definition) is 0. The van der Waals surface area contributed by atoms with E-state index in [2.05, 4.69) is 41.5 Å². The van der Waals surface area contributed by atoms with Gasteiger partial charge in [0.15, 0.2) is 18.9 Å². The summed E-state index contributed by atoms with van der Waals surface area (Å²) >= 11 is 0. The predicted octanol–water partition coefficient (Wildman–Crippen LogP) is 1.62. The number of hydrogen-bond acceptors (Lipinski definition) is 7. The third-order valence-electron chi connectivity index (χ3n) is 10.6. The zero-order valence-corrected chi connectivity index (χ0v) is 36.9. The Morgan fingerprint density at radius 3 is 1.25 bits per heavy atom. The fourth-order valence-corrected chi connectivity index (χ4v) is 6.68. The molecule has 1 aliphatic carbocycles. The summed E-state index contributed by atoms with van der Waals surface area (Å²) in [5, 5.41) is 0. The van der Waals surface area contributed by atoms with Gasteiger partial charge in [-0.1, -0.05) is 52.4 Å². The summed E-state index contributed by atoms with van der Waals surface area (Å²) in [7, 11) is 0. The van der Waals surface area contributed by atoms with Gasteiger partial charge in [-0.3, -0.25) is 4.79 Å². The number of ether oxygens (including phenoxy) is 4. The lowest BCUT2D eigenvalue weighted by molar-refractivity contribution is -0.918. The molecule has 0 unspecified atom stereocenters. The predicted molar refractivity (Wildman–Crippen MR) is 199 cm³/mol. The molecule has 2 aromatic rings. The van der Waals surface area contributed by atoms with E-state index in [0.29, 0.717) is 84.2 Å². The summed E-state index contributed by atoms with van der Waals surface area (Å²) in [4.78, 5) is 38.8. The highest BCUT2D eigenvalue weighted by Gasteiger charge is 2.31. The van der Waals surface area contributed by atoms with Crippen LogP contribution in [-0.4, -0.2) is 105 Å². The number of nitrogens with zero attached hydrogens (tertiary/aromatic N) is 2. The molecule has 52 heavy (non-hydrogen) atoms. The average Bonchev–Trinajstić information content (AvgIpc) is 3.40. The van der Waals surface area contributed by atoms with Crippen LogP contribution in [0.4, 0.5) is 0 Å². The number of likely N-dealkylation sites (N-methyl/N-ethyl adjacent to an activating group) is 2. The largest absolute Gasteiger partial charge is 1.00 e. The Hall–Kier alpha value is -1.97. The highest BCUT2D eigenvalue weighted by Crippen LogP contribution is 2.40. The van der Waals surface area contributed by atoms with Crippen LogP contribution in [0.25, 0.3) is 11.1 Å². The molecule has 0 heterocycles. The molecule has 0 saturated carbocycles. The molecule has 0 radical (unpaired) electrons. The summed E-state index contributed by atoms with van der Waals surface area (Å²) in [5.74, 6) is 0.915. The maximum Gasteiger partial charge on any atom is 0.361 e. The van der Waals surface area contributed by atoms with Crippen molar-refractivity contribution in [2.45, 2.75) is 92.9 Å². The molecule has 3 rings (SSSR count). The lowest BCUT2D eigenvalue weighted by atomic mass is 10.1. The van der Waals surface area contributed by atoms with Gasteiger partial charge in [0.1, 0.15) is 37.8 Å². The minimum absolute atomic E-state index is 0. The Morgan fingerprint density at radius 2 is 0.904 bits per heavy atom. The van der Waals surface area contributed by atoms with E-state index in [1.165, 1.54) is 0 Å². The van der Waals surface area contributed by atoms with Gasteiger partial charge in [0.2, 0.25) is 0 Å². The number of benzene rings is 2. The van der Waals surface area contributed by atoms with Gasteiger partial charge in [-0.05, 0) is 88.1 Å². The van der Waals surface area contributed by atoms with Crippen molar-refractivity contribution in [2.75, 3.05) is 78.8 Å². The molecule has 0 N–H and O–H groups in total. The van der Waals surface area contributed by atoms with Crippen LogP contribution in [0.2, 0.25) is 0 Å². The topological polar surface area (TPSA) is 88.1 Å². The van der Waals surface area contributed by atoms with Crippen LogP contribution in [0, 0.1) is 0 Å². The molecule has 0 atom stereocenters. The van der Waals surface area contributed by atoms with E-state index < -0.39 is 0 Å². The second kappa shape index (κ2) is 25.2. The van der Waals surface area contributed by atoms with Crippen LogP contribution in [0.3, 0.4) is 0 Å². The van der Waals surface area contributed by atoms with E-state index in [0.717, 1.165) is 88.7 Å². The molecule has 1 aliphatic rings. The fraction of sp³-hybridized carbons (Fsp3) is 0.634. The Balaban J connectivity index is 0.00000676. The van der Waals surface area contributed by atoms with Crippen molar-refractivity contribution in [1.29, 1.82) is 0 Å². The van der Waals surface area contributed by atoms with Crippen molar-refractivity contribution >= 4 is 17.7 Å². The summed E-state index contributed by atoms with van der Waals surface area (Å²) < 4.78 is 24.6. The quantitative estimate of drug-likeness (QED) is 0.0524. The molecule has 9 nitrogen and oxygen atoms in total. The maximum atomic E-state index is 13.6. The van der Waals surface area contributed by atoms with Gasteiger partial charge in [0.05, 0.1) is 39.4 Å². The van der Waals surface area contributed by atoms with Gasteiger partial charge in [-0.2, -0.15) is 0 Å². The summed E-state index contributed by atoms with van der Waals surface area (Å²) in [6.45, 7) is 19.7.